The highest BCUT2D eigenvalue weighted by atomic mass is 16.5. The van der Waals surface area contributed by atoms with Crippen LogP contribution in [0.2, 0.25) is 0 Å². The fraction of sp³-hybridized carbons (Fsp3) is 0.375. The molecular formula is C16H20N4O2. The molecule has 2 aromatic rings. The minimum Gasteiger partial charge on any atom is -0.366 e. The molecule has 2 heterocycles. The first kappa shape index (κ1) is 14.4. The number of urea groups is 1. The molecule has 116 valence electrons. The summed E-state index contributed by atoms with van der Waals surface area (Å²) in [5, 5.41) is 9.26. The monoisotopic (exact) mass is 300 g/mol. The van der Waals surface area contributed by atoms with Crippen LogP contribution in [0.25, 0.3) is 0 Å². The van der Waals surface area contributed by atoms with Crippen molar-refractivity contribution in [1.82, 2.24) is 10.5 Å². The maximum Gasteiger partial charge on any atom is 0.320 e. The Hall–Kier alpha value is -2.50. The van der Waals surface area contributed by atoms with Crippen LogP contribution in [0.15, 0.2) is 34.9 Å². The molecule has 1 aromatic heterocycles. The van der Waals surface area contributed by atoms with Crippen molar-refractivity contribution in [2.75, 3.05) is 23.3 Å². The Kier molecular flexibility index (Phi) is 4.00. The van der Waals surface area contributed by atoms with E-state index < -0.39 is 0 Å². The lowest BCUT2D eigenvalue weighted by Gasteiger charge is -2.27. The number of hydrogen-bond acceptors (Lipinski definition) is 4. The van der Waals surface area contributed by atoms with E-state index in [1.54, 1.807) is 13.0 Å². The van der Waals surface area contributed by atoms with E-state index in [0.717, 1.165) is 13.0 Å². The summed E-state index contributed by atoms with van der Waals surface area (Å²) in [5.41, 5.74) is 2.64. The number of para-hydroxylation sites is 1. The Morgan fingerprint density at radius 3 is 3.05 bits per heavy atom. The van der Waals surface area contributed by atoms with Crippen LogP contribution in [0.1, 0.15) is 18.2 Å². The molecule has 0 saturated heterocycles. The molecule has 0 aliphatic carbocycles. The topological polar surface area (TPSA) is 70.4 Å². The van der Waals surface area contributed by atoms with E-state index in [1.165, 1.54) is 11.3 Å². The Balaban J connectivity index is 1.52. The fourth-order valence-electron chi connectivity index (χ4n) is 2.76. The molecule has 1 aliphatic rings. The fourth-order valence-corrected chi connectivity index (χ4v) is 2.76. The normalized spacial score (nSPS) is 14.5. The lowest BCUT2D eigenvalue weighted by Crippen LogP contribution is -2.42. The van der Waals surface area contributed by atoms with Gasteiger partial charge < -0.3 is 14.7 Å². The van der Waals surface area contributed by atoms with Crippen LogP contribution >= 0.6 is 0 Å². The molecule has 0 radical (unpaired) electrons. The maximum absolute atomic E-state index is 11.9. The average Bonchev–Trinajstić information content (AvgIpc) is 3.11. The van der Waals surface area contributed by atoms with Crippen molar-refractivity contribution in [2.45, 2.75) is 26.3 Å². The van der Waals surface area contributed by atoms with E-state index in [9.17, 15) is 4.79 Å². The number of benzene rings is 1. The van der Waals surface area contributed by atoms with Crippen LogP contribution in [0.5, 0.6) is 0 Å². The number of carbonyl (C=O) groups excluding carboxylic acids is 1. The number of anilines is 2. The number of amides is 2. The molecule has 0 bridgehead atoms. The zero-order chi connectivity index (χ0) is 15.5. The molecule has 2 amide bonds. The molecule has 0 unspecified atom stereocenters. The summed E-state index contributed by atoms with van der Waals surface area (Å²) in [6.45, 7) is 5.45. The summed E-state index contributed by atoms with van der Waals surface area (Å²) in [6.07, 6.45) is 1.06. The number of nitrogens with one attached hydrogen (secondary N) is 2. The summed E-state index contributed by atoms with van der Waals surface area (Å²) in [4.78, 5) is 14.2. The Bertz CT molecular complexity index is 668. The first-order chi connectivity index (χ1) is 10.6. The number of hydrogen-bond donors (Lipinski definition) is 2. The van der Waals surface area contributed by atoms with E-state index in [0.29, 0.717) is 18.1 Å². The molecule has 1 atom stereocenters. The SMILES string of the molecule is Cc1cc(NC(=O)NC[C@H](C)N2CCc3ccccc32)no1. The van der Waals surface area contributed by atoms with Gasteiger partial charge in [-0.25, -0.2) is 4.79 Å². The van der Waals surface area contributed by atoms with Crippen LogP contribution in [0, 0.1) is 6.92 Å². The smallest absolute Gasteiger partial charge is 0.320 e. The molecule has 0 fully saturated rings. The first-order valence-corrected chi connectivity index (χ1v) is 7.46. The Morgan fingerprint density at radius 1 is 1.45 bits per heavy atom. The molecule has 2 N–H and O–H groups in total. The van der Waals surface area contributed by atoms with Gasteiger partial charge in [-0.3, -0.25) is 5.32 Å². The average molecular weight is 300 g/mol. The standard InChI is InChI=1S/C16H20N4O2/c1-11(20-8-7-13-5-3-4-6-14(13)20)10-17-16(21)18-15-9-12(2)22-19-15/h3-6,9,11H,7-8,10H2,1-2H3,(H2,17,18,19,21)/t11-/m0/s1. The third-order valence-corrected chi connectivity index (χ3v) is 3.88. The summed E-state index contributed by atoms with van der Waals surface area (Å²) >= 11 is 0. The van der Waals surface area contributed by atoms with Gasteiger partial charge in [-0.1, -0.05) is 23.4 Å². The van der Waals surface area contributed by atoms with Crippen molar-refractivity contribution in [3.63, 3.8) is 0 Å². The van der Waals surface area contributed by atoms with Crippen LogP contribution in [-0.2, 0) is 6.42 Å². The number of nitrogens with zero attached hydrogens (tertiary/aromatic N) is 2. The van der Waals surface area contributed by atoms with Crippen molar-refractivity contribution in [3.05, 3.63) is 41.7 Å². The third-order valence-electron chi connectivity index (χ3n) is 3.88. The molecule has 1 aliphatic heterocycles. The van der Waals surface area contributed by atoms with E-state index in [-0.39, 0.29) is 12.1 Å². The molecule has 3 rings (SSSR count). The predicted molar refractivity (Wildman–Crippen MR) is 85.2 cm³/mol. The van der Waals surface area contributed by atoms with Gasteiger partial charge in [-0.15, -0.1) is 0 Å². The number of aromatic nitrogens is 1. The Morgan fingerprint density at radius 2 is 2.27 bits per heavy atom. The number of carbonyl (C=O) groups is 1. The first-order valence-electron chi connectivity index (χ1n) is 7.46. The summed E-state index contributed by atoms with van der Waals surface area (Å²) in [6, 6.07) is 10.1. The van der Waals surface area contributed by atoms with Gasteiger partial charge in [0.05, 0.1) is 0 Å². The van der Waals surface area contributed by atoms with Crippen LogP contribution in [-0.4, -0.2) is 30.3 Å². The molecular weight excluding hydrogens is 280 g/mol. The summed E-state index contributed by atoms with van der Waals surface area (Å²) in [7, 11) is 0. The largest absolute Gasteiger partial charge is 0.366 e. The zero-order valence-electron chi connectivity index (χ0n) is 12.8. The van der Waals surface area contributed by atoms with Crippen molar-refractivity contribution in [1.29, 1.82) is 0 Å². The number of aryl methyl sites for hydroxylation is 1. The van der Waals surface area contributed by atoms with Gasteiger partial charge in [-0.2, -0.15) is 0 Å². The lowest BCUT2D eigenvalue weighted by molar-refractivity contribution is 0.251. The van der Waals surface area contributed by atoms with Crippen LogP contribution in [0.3, 0.4) is 0 Å². The van der Waals surface area contributed by atoms with E-state index in [4.69, 9.17) is 4.52 Å². The second-order valence-electron chi connectivity index (χ2n) is 5.58. The summed E-state index contributed by atoms with van der Waals surface area (Å²) in [5.74, 6) is 1.09. The molecule has 22 heavy (non-hydrogen) atoms. The minimum atomic E-state index is -0.271. The van der Waals surface area contributed by atoms with Gasteiger partial charge in [0.1, 0.15) is 5.76 Å². The van der Waals surface area contributed by atoms with Crippen molar-refractivity contribution >= 4 is 17.5 Å². The van der Waals surface area contributed by atoms with Crippen molar-refractivity contribution in [3.8, 4) is 0 Å². The zero-order valence-corrected chi connectivity index (χ0v) is 12.8. The van der Waals surface area contributed by atoms with Gasteiger partial charge in [0, 0.05) is 30.9 Å². The van der Waals surface area contributed by atoms with E-state index in [2.05, 4.69) is 51.9 Å². The Labute approximate surface area is 129 Å². The van der Waals surface area contributed by atoms with Gasteiger partial charge in [0.15, 0.2) is 5.82 Å². The van der Waals surface area contributed by atoms with Gasteiger partial charge in [0.25, 0.3) is 0 Å². The summed E-state index contributed by atoms with van der Waals surface area (Å²) < 4.78 is 4.91. The van der Waals surface area contributed by atoms with E-state index >= 15 is 0 Å². The number of rotatable bonds is 4. The molecule has 6 nitrogen and oxygen atoms in total. The van der Waals surface area contributed by atoms with Crippen LogP contribution < -0.4 is 15.5 Å². The minimum absolute atomic E-state index is 0.230. The quantitative estimate of drug-likeness (QED) is 0.910. The highest BCUT2D eigenvalue weighted by Gasteiger charge is 2.23. The molecule has 0 spiro atoms. The molecule has 0 saturated carbocycles. The maximum atomic E-state index is 11.9. The second-order valence-corrected chi connectivity index (χ2v) is 5.58. The highest BCUT2D eigenvalue weighted by Crippen LogP contribution is 2.28. The van der Waals surface area contributed by atoms with Crippen molar-refractivity contribution in [2.24, 2.45) is 0 Å². The molecule has 1 aromatic carbocycles. The predicted octanol–water partition coefficient (Wildman–Crippen LogP) is 2.56. The van der Waals surface area contributed by atoms with Crippen LogP contribution in [0.4, 0.5) is 16.3 Å². The van der Waals surface area contributed by atoms with E-state index in [1.807, 2.05) is 0 Å². The number of fused-ring (bicyclic) bond motifs is 1. The highest BCUT2D eigenvalue weighted by molar-refractivity contribution is 5.88. The lowest BCUT2D eigenvalue weighted by atomic mass is 10.2. The molecule has 6 heteroatoms. The van der Waals surface area contributed by atoms with Crippen molar-refractivity contribution < 1.29 is 9.32 Å². The second kappa shape index (κ2) is 6.09. The van der Waals surface area contributed by atoms with Gasteiger partial charge in [-0.05, 0) is 31.9 Å². The van der Waals surface area contributed by atoms with Gasteiger partial charge >= 0.3 is 6.03 Å². The third kappa shape index (κ3) is 3.05. The van der Waals surface area contributed by atoms with Gasteiger partial charge in [0.2, 0.25) is 0 Å².